The van der Waals surface area contributed by atoms with Crippen molar-refractivity contribution >= 4 is 39.1 Å². The molecule has 2 aromatic rings. The van der Waals surface area contributed by atoms with E-state index in [0.29, 0.717) is 5.69 Å². The molecule has 120 valence electrons. The molecule has 0 unspecified atom stereocenters. The summed E-state index contributed by atoms with van der Waals surface area (Å²) in [6.45, 7) is 3.92. The highest BCUT2D eigenvalue weighted by molar-refractivity contribution is 9.10. The Labute approximate surface area is 144 Å². The average Bonchev–Trinajstić information content (AvgIpc) is 2.50. The van der Waals surface area contributed by atoms with Crippen molar-refractivity contribution in [2.24, 2.45) is 0 Å². The van der Waals surface area contributed by atoms with Gasteiger partial charge in [0.1, 0.15) is 6.42 Å². The molecule has 0 radical (unpaired) electrons. The van der Waals surface area contributed by atoms with Crippen LogP contribution in [0.15, 0.2) is 46.9 Å². The lowest BCUT2D eigenvalue weighted by atomic mass is 10.1. The number of carbonyl (C=O) groups is 2. The topological polar surface area (TPSA) is 58.2 Å². The van der Waals surface area contributed by atoms with Crippen molar-refractivity contribution in [2.45, 2.75) is 26.7 Å². The molecule has 2 aromatic carbocycles. The van der Waals surface area contributed by atoms with Crippen LogP contribution >= 0.6 is 15.9 Å². The van der Waals surface area contributed by atoms with Crippen LogP contribution in [0, 0.1) is 6.92 Å². The smallest absolute Gasteiger partial charge is 0.233 e. The fraction of sp³-hybridized carbons (Fsp3) is 0.222. The van der Waals surface area contributed by atoms with Crippen molar-refractivity contribution in [3.63, 3.8) is 0 Å². The summed E-state index contributed by atoms with van der Waals surface area (Å²) in [7, 11) is 0. The van der Waals surface area contributed by atoms with E-state index in [2.05, 4.69) is 26.6 Å². The Balaban J connectivity index is 1.96. The minimum Gasteiger partial charge on any atom is -0.325 e. The highest BCUT2D eigenvalue weighted by Gasteiger charge is 2.12. The summed E-state index contributed by atoms with van der Waals surface area (Å²) in [5, 5.41) is 5.56. The highest BCUT2D eigenvalue weighted by Crippen LogP contribution is 2.20. The van der Waals surface area contributed by atoms with E-state index < -0.39 is 0 Å². The quantitative estimate of drug-likeness (QED) is 0.766. The van der Waals surface area contributed by atoms with Gasteiger partial charge in [0.15, 0.2) is 0 Å². The minimum atomic E-state index is -0.332. The molecule has 0 bridgehead atoms. The zero-order chi connectivity index (χ0) is 16.8. The summed E-state index contributed by atoms with van der Waals surface area (Å²) in [6.07, 6.45) is 0.605. The van der Waals surface area contributed by atoms with Crippen LogP contribution in [-0.2, 0) is 16.0 Å². The molecule has 0 heterocycles. The zero-order valence-corrected chi connectivity index (χ0v) is 14.7. The van der Waals surface area contributed by atoms with Gasteiger partial charge in [-0.3, -0.25) is 9.59 Å². The predicted octanol–water partition coefficient (Wildman–Crippen LogP) is 4.29. The summed E-state index contributed by atoms with van der Waals surface area (Å²) in [5.41, 5.74) is 3.45. The normalized spacial score (nSPS) is 10.2. The molecule has 2 amide bonds. The van der Waals surface area contributed by atoms with Gasteiger partial charge < -0.3 is 10.6 Å². The lowest BCUT2D eigenvalue weighted by molar-refractivity contribution is -0.123. The molecule has 0 aromatic heterocycles. The lowest BCUT2D eigenvalue weighted by Gasteiger charge is -2.11. The number of hydrogen-bond acceptors (Lipinski definition) is 2. The first-order valence-electron chi connectivity index (χ1n) is 7.43. The number of nitrogens with one attached hydrogen (secondary N) is 2. The molecule has 0 saturated heterocycles. The first-order chi connectivity index (χ1) is 11.0. The zero-order valence-electron chi connectivity index (χ0n) is 13.2. The van der Waals surface area contributed by atoms with Crippen LogP contribution < -0.4 is 10.6 Å². The van der Waals surface area contributed by atoms with Crippen molar-refractivity contribution < 1.29 is 9.59 Å². The number of rotatable bonds is 5. The first kappa shape index (κ1) is 17.2. The number of carbonyl (C=O) groups excluding carboxylic acids is 2. The van der Waals surface area contributed by atoms with Gasteiger partial charge in [0, 0.05) is 15.8 Å². The van der Waals surface area contributed by atoms with Crippen LogP contribution in [0.1, 0.15) is 24.5 Å². The summed E-state index contributed by atoms with van der Waals surface area (Å²) >= 11 is 3.38. The van der Waals surface area contributed by atoms with Crippen LogP contribution in [-0.4, -0.2) is 11.8 Å². The molecule has 0 aliphatic carbocycles. The van der Waals surface area contributed by atoms with E-state index in [1.54, 1.807) is 0 Å². The second kappa shape index (κ2) is 7.92. The van der Waals surface area contributed by atoms with E-state index in [1.165, 1.54) is 0 Å². The van der Waals surface area contributed by atoms with Crippen molar-refractivity contribution in [3.05, 3.63) is 58.1 Å². The van der Waals surface area contributed by atoms with Gasteiger partial charge in [-0.2, -0.15) is 0 Å². The van der Waals surface area contributed by atoms with E-state index >= 15 is 0 Å². The Hall–Kier alpha value is -2.14. The number of amides is 2. The maximum absolute atomic E-state index is 12.0. The number of benzene rings is 2. The third kappa shape index (κ3) is 4.93. The SMILES string of the molecule is CCc1ccccc1NC(=O)CC(=O)Nc1ccc(Br)cc1C. The highest BCUT2D eigenvalue weighted by atomic mass is 79.9. The number of anilines is 2. The molecule has 0 aliphatic heterocycles. The molecule has 23 heavy (non-hydrogen) atoms. The second-order valence-corrected chi connectivity index (χ2v) is 6.16. The maximum Gasteiger partial charge on any atom is 0.233 e. The van der Waals surface area contributed by atoms with Crippen molar-refractivity contribution in [1.29, 1.82) is 0 Å². The summed E-state index contributed by atoms with van der Waals surface area (Å²) in [6, 6.07) is 13.2. The Morgan fingerprint density at radius 3 is 2.30 bits per heavy atom. The fourth-order valence-corrected chi connectivity index (χ4v) is 2.73. The van der Waals surface area contributed by atoms with Gasteiger partial charge in [-0.05, 0) is 48.7 Å². The molecular formula is C18H19BrN2O2. The Kier molecular flexibility index (Phi) is 5.93. The van der Waals surface area contributed by atoms with Gasteiger partial charge in [0.05, 0.1) is 0 Å². The molecule has 0 atom stereocenters. The number of para-hydroxylation sites is 1. The molecule has 0 spiro atoms. The Bertz CT molecular complexity index is 729. The second-order valence-electron chi connectivity index (χ2n) is 5.24. The van der Waals surface area contributed by atoms with Crippen LogP contribution in [0.4, 0.5) is 11.4 Å². The Morgan fingerprint density at radius 2 is 1.65 bits per heavy atom. The summed E-state index contributed by atoms with van der Waals surface area (Å²) in [4.78, 5) is 24.1. The molecule has 0 fully saturated rings. The standard InChI is InChI=1S/C18H19BrN2O2/c1-3-13-6-4-5-7-16(13)21-18(23)11-17(22)20-15-9-8-14(19)10-12(15)2/h4-10H,3,11H2,1-2H3,(H,20,22)(H,21,23). The minimum absolute atomic E-state index is 0.215. The van der Waals surface area contributed by atoms with Crippen LogP contribution in [0.25, 0.3) is 0 Å². The fourth-order valence-electron chi connectivity index (χ4n) is 2.25. The molecule has 2 N–H and O–H groups in total. The number of halogens is 1. The molecular weight excluding hydrogens is 356 g/mol. The molecule has 4 nitrogen and oxygen atoms in total. The van der Waals surface area contributed by atoms with E-state index in [-0.39, 0.29) is 18.2 Å². The van der Waals surface area contributed by atoms with Gasteiger partial charge in [-0.15, -0.1) is 0 Å². The van der Waals surface area contributed by atoms with E-state index in [4.69, 9.17) is 0 Å². The largest absolute Gasteiger partial charge is 0.325 e. The summed E-state index contributed by atoms with van der Waals surface area (Å²) < 4.78 is 0.946. The van der Waals surface area contributed by atoms with E-state index in [0.717, 1.165) is 27.7 Å². The molecule has 5 heteroatoms. The maximum atomic E-state index is 12.0. The van der Waals surface area contributed by atoms with Crippen molar-refractivity contribution in [3.8, 4) is 0 Å². The van der Waals surface area contributed by atoms with Crippen LogP contribution in [0.5, 0.6) is 0 Å². The van der Waals surface area contributed by atoms with Crippen LogP contribution in [0.3, 0.4) is 0 Å². The third-order valence-electron chi connectivity index (χ3n) is 3.46. The van der Waals surface area contributed by atoms with Gasteiger partial charge in [0.25, 0.3) is 0 Å². The van der Waals surface area contributed by atoms with Crippen LogP contribution in [0.2, 0.25) is 0 Å². The summed E-state index contributed by atoms with van der Waals surface area (Å²) in [5.74, 6) is -0.653. The monoisotopic (exact) mass is 374 g/mol. The average molecular weight is 375 g/mol. The van der Waals surface area contributed by atoms with E-state index in [1.807, 2.05) is 56.3 Å². The Morgan fingerprint density at radius 1 is 1.00 bits per heavy atom. The first-order valence-corrected chi connectivity index (χ1v) is 8.22. The lowest BCUT2D eigenvalue weighted by Crippen LogP contribution is -2.22. The molecule has 2 rings (SSSR count). The predicted molar refractivity (Wildman–Crippen MR) is 96.6 cm³/mol. The van der Waals surface area contributed by atoms with Crippen molar-refractivity contribution in [1.82, 2.24) is 0 Å². The molecule has 0 aliphatic rings. The van der Waals surface area contributed by atoms with E-state index in [9.17, 15) is 9.59 Å². The number of aryl methyl sites for hydroxylation is 2. The van der Waals surface area contributed by atoms with Crippen molar-refractivity contribution in [2.75, 3.05) is 10.6 Å². The van der Waals surface area contributed by atoms with Gasteiger partial charge in [0.2, 0.25) is 11.8 Å². The third-order valence-corrected chi connectivity index (χ3v) is 3.95. The van der Waals surface area contributed by atoms with Gasteiger partial charge in [-0.1, -0.05) is 41.1 Å². The van der Waals surface area contributed by atoms with Gasteiger partial charge in [-0.25, -0.2) is 0 Å². The van der Waals surface area contributed by atoms with Gasteiger partial charge >= 0.3 is 0 Å². The molecule has 0 saturated carbocycles. The number of hydrogen-bond donors (Lipinski definition) is 2.